The van der Waals surface area contributed by atoms with Crippen molar-refractivity contribution in [3.05, 3.63) is 0 Å². The summed E-state index contributed by atoms with van der Waals surface area (Å²) >= 11 is 0. The summed E-state index contributed by atoms with van der Waals surface area (Å²) in [5, 5.41) is 0. The van der Waals surface area contributed by atoms with Crippen molar-refractivity contribution in [2.24, 2.45) is 29.6 Å². The first kappa shape index (κ1) is 8.06. The van der Waals surface area contributed by atoms with E-state index in [0.717, 1.165) is 0 Å². The molecule has 21 heavy (non-hydrogen) atoms. The summed E-state index contributed by atoms with van der Waals surface area (Å²) in [6, 6.07) is 0. The fraction of sp³-hybridized carbons (Fsp3) is 1.00. The Morgan fingerprint density at radius 2 is 1.05 bits per heavy atom. The first-order valence-corrected chi connectivity index (χ1v) is 16.6. The van der Waals surface area contributed by atoms with E-state index in [0.29, 0.717) is 0 Å². The number of fused-ring (bicyclic) bond motifs is 11. The Balaban J connectivity index is 1.27. The van der Waals surface area contributed by atoms with Crippen LogP contribution in [0.5, 0.6) is 0 Å². The first-order valence-electron chi connectivity index (χ1n) is 10.3. The molecule has 0 aromatic rings. The van der Waals surface area contributed by atoms with E-state index in [-0.39, 0.29) is 0 Å². The van der Waals surface area contributed by atoms with Gasteiger partial charge in [-0.25, -0.2) is 0 Å². The third-order valence-corrected chi connectivity index (χ3v) is 62.2. The van der Waals surface area contributed by atoms with Crippen LogP contribution in [0.2, 0.25) is 47.7 Å². The Morgan fingerprint density at radius 1 is 0.571 bits per heavy atom. The Bertz CT molecular complexity index is 1040. The van der Waals surface area contributed by atoms with Crippen LogP contribution >= 0.6 is 0 Å². The molecule has 1 heteroatoms. The average Bonchev–Trinajstić information content (AvgIpc) is 3.41. The average molecular weight is 320 g/mol. The molecule has 0 amide bonds. The quantitative estimate of drug-likeness (QED) is 0.534. The summed E-state index contributed by atoms with van der Waals surface area (Å²) in [6.07, 6.45) is 8.60. The van der Waals surface area contributed by atoms with Gasteiger partial charge in [-0.2, -0.15) is 0 Å². The van der Waals surface area contributed by atoms with Gasteiger partial charge in [-0.05, 0) is 0 Å². The first-order chi connectivity index (χ1) is 10.1. The van der Waals surface area contributed by atoms with E-state index in [9.17, 15) is 0 Å². The maximum atomic E-state index is 1.73. The van der Waals surface area contributed by atoms with Gasteiger partial charge in [0.25, 0.3) is 0 Å². The zero-order valence-corrected chi connectivity index (χ0v) is 13.6. The Kier molecular flexibility index (Phi) is 0.309. The van der Waals surface area contributed by atoms with Crippen LogP contribution < -0.4 is 0 Å². The van der Waals surface area contributed by atoms with Gasteiger partial charge in [-0.15, -0.1) is 0 Å². The summed E-state index contributed by atoms with van der Waals surface area (Å²) in [5.41, 5.74) is 0. The van der Waals surface area contributed by atoms with Crippen LogP contribution in [0.1, 0.15) is 32.1 Å². The van der Waals surface area contributed by atoms with E-state index in [1.165, 1.54) is 33.9 Å². The molecule has 14 fully saturated rings. The van der Waals surface area contributed by atoms with Gasteiger partial charge in [0.05, 0.1) is 0 Å². The minimum absolute atomic E-state index is 1.22. The van der Waals surface area contributed by atoms with Gasteiger partial charge in [0.1, 0.15) is 0 Å². The molecule has 10 heterocycles. The standard InChI is InChI=1S/C15H19.C5H5.Fe/c1-2-4-12(3-1)15-13-6-10-5-11(8-13)9-14(15)7-10;1-2-4-5-3-1;/h1-4,10-11,13-15H,5-9H2;1-5H;. The molecule has 4 unspecified atom stereocenters. The van der Waals surface area contributed by atoms with Crippen LogP contribution in [0.3, 0.4) is 0 Å². The van der Waals surface area contributed by atoms with E-state index in [2.05, 4.69) is 0 Å². The van der Waals surface area contributed by atoms with E-state index in [4.69, 9.17) is 0 Å². The fourth-order valence-electron chi connectivity index (χ4n) is 21.9. The van der Waals surface area contributed by atoms with E-state index >= 15 is 0 Å². The summed E-state index contributed by atoms with van der Waals surface area (Å²) < 4.78 is 1.27. The molecule has 4 bridgehead atoms. The molecule has 4 saturated carbocycles. The third kappa shape index (κ3) is 0.115. The Morgan fingerprint density at radius 3 is 1.38 bits per heavy atom. The number of hydrogen-bond acceptors (Lipinski definition) is 0. The van der Waals surface area contributed by atoms with Crippen LogP contribution in [0, 0.1) is 29.6 Å². The predicted molar refractivity (Wildman–Crippen MR) is 77.0 cm³/mol. The molecule has 0 nitrogen and oxygen atoms in total. The molecular weight excluding hydrogens is 296 g/mol. The van der Waals surface area contributed by atoms with Crippen molar-refractivity contribution in [1.29, 1.82) is 0 Å². The molecule has 10 saturated heterocycles. The fourth-order valence-corrected chi connectivity index (χ4v) is 97.3. The summed E-state index contributed by atoms with van der Waals surface area (Å²) in [5.74, 6) is 6.41. The molecule has 14 rings (SSSR count). The van der Waals surface area contributed by atoms with Crippen molar-refractivity contribution in [1.82, 2.24) is 0 Å². The summed E-state index contributed by atoms with van der Waals surface area (Å²) in [4.78, 5) is 14.2. The van der Waals surface area contributed by atoms with Crippen LogP contribution in [-0.2, 0) is 6.51 Å². The summed E-state index contributed by atoms with van der Waals surface area (Å²) in [7, 11) is 0. The van der Waals surface area contributed by atoms with Gasteiger partial charge in [-0.1, -0.05) is 0 Å². The second-order valence-corrected chi connectivity index (χ2v) is 38.3. The normalized spacial score (nSPS) is 125. The number of hydrogen-bond donors (Lipinski definition) is 0. The van der Waals surface area contributed by atoms with E-state index < -0.39 is 6.51 Å². The van der Waals surface area contributed by atoms with Gasteiger partial charge < -0.3 is 0 Å². The Hall–Kier alpha value is 0.519. The van der Waals surface area contributed by atoms with Crippen LogP contribution in [-0.4, -0.2) is 0 Å². The van der Waals surface area contributed by atoms with Crippen LogP contribution in [0.25, 0.3) is 0 Å². The molecule has 1 spiro atoms. The molecule has 10 aliphatic heterocycles. The van der Waals surface area contributed by atoms with Crippen LogP contribution in [0.15, 0.2) is 0 Å². The van der Waals surface area contributed by atoms with Crippen molar-refractivity contribution in [3.8, 4) is 0 Å². The van der Waals surface area contributed by atoms with Gasteiger partial charge in [0.15, 0.2) is 0 Å². The van der Waals surface area contributed by atoms with E-state index in [1.54, 1.807) is 75.5 Å². The van der Waals surface area contributed by atoms with Crippen molar-refractivity contribution in [2.45, 2.75) is 79.8 Å². The zero-order chi connectivity index (χ0) is 12.4. The monoisotopic (exact) mass is 320 g/mol. The molecule has 14 aliphatic rings. The van der Waals surface area contributed by atoms with Crippen molar-refractivity contribution < 1.29 is 6.51 Å². The molecule has 0 N–H and O–H groups in total. The van der Waals surface area contributed by atoms with Crippen molar-refractivity contribution in [3.63, 3.8) is 0 Å². The molecule has 112 valence electrons. The molecule has 0 aromatic heterocycles. The molecule has 0 radical (unpaired) electrons. The second kappa shape index (κ2) is 0.805. The van der Waals surface area contributed by atoms with Crippen molar-refractivity contribution >= 4 is 0 Å². The second-order valence-electron chi connectivity index (χ2n) is 14.7. The molecular formula is C20H24Fe. The SMILES string of the molecule is C1C2CC3CC1CC(C2)C3[C]12[CH]3[CH]4[CH]5[CH]1[Fe]45321678[CH]2[CH]1[CH]6[CH]7[CH]28. The van der Waals surface area contributed by atoms with Gasteiger partial charge in [-0.3, -0.25) is 0 Å². The topological polar surface area (TPSA) is 0 Å². The van der Waals surface area contributed by atoms with E-state index in [1.807, 2.05) is 0 Å². The minimum atomic E-state index is -2.78. The Labute approximate surface area is 116 Å². The van der Waals surface area contributed by atoms with Gasteiger partial charge >= 0.3 is 116 Å². The molecule has 4 atom stereocenters. The molecule has 4 aliphatic carbocycles. The predicted octanol–water partition coefficient (Wildman–Crippen LogP) is 5.82. The van der Waals surface area contributed by atoms with Gasteiger partial charge in [0.2, 0.25) is 0 Å². The maximum absolute atomic E-state index is 2.78. The third-order valence-electron chi connectivity index (χ3n) is 19.5. The van der Waals surface area contributed by atoms with Gasteiger partial charge in [0, 0.05) is 0 Å². The zero-order valence-electron chi connectivity index (χ0n) is 12.5. The molecule has 0 aromatic carbocycles. The van der Waals surface area contributed by atoms with Crippen LogP contribution in [0.4, 0.5) is 0 Å². The van der Waals surface area contributed by atoms with Crippen molar-refractivity contribution in [2.75, 3.05) is 0 Å². The summed E-state index contributed by atoms with van der Waals surface area (Å²) in [6.45, 7) is -2.78. The number of rotatable bonds is 1.